The first-order valence-electron chi connectivity index (χ1n) is 7.27. The molecule has 0 saturated carbocycles. The van der Waals surface area contributed by atoms with Crippen LogP contribution in [0.3, 0.4) is 0 Å². The van der Waals surface area contributed by atoms with Crippen LogP contribution in [-0.2, 0) is 19.0 Å². The van der Waals surface area contributed by atoms with Gasteiger partial charge in [-0.25, -0.2) is 0 Å². The van der Waals surface area contributed by atoms with E-state index >= 15 is 0 Å². The fraction of sp³-hybridized carbons (Fsp3) is 0.688. The predicted octanol–water partition coefficient (Wildman–Crippen LogP) is 2.84. The van der Waals surface area contributed by atoms with Gasteiger partial charge >= 0.3 is 5.97 Å². The second-order valence-corrected chi connectivity index (χ2v) is 5.68. The van der Waals surface area contributed by atoms with E-state index < -0.39 is 0 Å². The number of carbonyl (C=O) groups is 1. The third-order valence-electron chi connectivity index (χ3n) is 4.07. The summed E-state index contributed by atoms with van der Waals surface area (Å²) in [5.74, 6) is 0.617. The summed E-state index contributed by atoms with van der Waals surface area (Å²) in [6.07, 6.45) is 5.59. The second-order valence-electron chi connectivity index (χ2n) is 5.68. The molecule has 1 fully saturated rings. The monoisotopic (exact) mass is 280 g/mol. The molecule has 1 saturated heterocycles. The summed E-state index contributed by atoms with van der Waals surface area (Å²) in [7, 11) is 1.63. The van der Waals surface area contributed by atoms with E-state index in [0.29, 0.717) is 25.7 Å². The summed E-state index contributed by atoms with van der Waals surface area (Å²) < 4.78 is 15.5. The smallest absolute Gasteiger partial charge is 0.306 e. The molecular formula is C16H24O4. The quantitative estimate of drug-likeness (QED) is 0.409. The Morgan fingerprint density at radius 2 is 2.30 bits per heavy atom. The van der Waals surface area contributed by atoms with Gasteiger partial charge in [0, 0.05) is 26.1 Å². The van der Waals surface area contributed by atoms with Crippen molar-refractivity contribution in [3.63, 3.8) is 0 Å². The van der Waals surface area contributed by atoms with Crippen LogP contribution in [0.25, 0.3) is 0 Å². The van der Waals surface area contributed by atoms with Crippen molar-refractivity contribution in [2.75, 3.05) is 20.5 Å². The van der Waals surface area contributed by atoms with Crippen molar-refractivity contribution in [1.82, 2.24) is 0 Å². The third-order valence-corrected chi connectivity index (χ3v) is 4.07. The molecule has 4 heteroatoms. The minimum absolute atomic E-state index is 0.0241. The van der Waals surface area contributed by atoms with Gasteiger partial charge in [-0.2, -0.15) is 0 Å². The van der Waals surface area contributed by atoms with Crippen molar-refractivity contribution >= 4 is 5.97 Å². The van der Waals surface area contributed by atoms with E-state index in [4.69, 9.17) is 14.2 Å². The molecule has 1 aliphatic carbocycles. The molecule has 1 heterocycles. The molecule has 0 aromatic rings. The molecule has 0 N–H and O–H groups in total. The van der Waals surface area contributed by atoms with Crippen LogP contribution in [-0.4, -0.2) is 32.6 Å². The Morgan fingerprint density at radius 1 is 1.50 bits per heavy atom. The lowest BCUT2D eigenvalue weighted by Gasteiger charge is -2.28. The molecule has 20 heavy (non-hydrogen) atoms. The van der Waals surface area contributed by atoms with Crippen molar-refractivity contribution < 1.29 is 19.0 Å². The van der Waals surface area contributed by atoms with Gasteiger partial charge < -0.3 is 14.2 Å². The summed E-state index contributed by atoms with van der Waals surface area (Å²) in [4.78, 5) is 11.4. The number of fused-ring (bicyclic) bond motifs is 1. The fourth-order valence-corrected chi connectivity index (χ4v) is 3.00. The number of methoxy groups -OCH3 is 1. The van der Waals surface area contributed by atoms with Gasteiger partial charge in [0.05, 0.1) is 6.42 Å². The third kappa shape index (κ3) is 3.70. The Morgan fingerprint density at radius 3 is 3.05 bits per heavy atom. The first-order chi connectivity index (χ1) is 9.61. The van der Waals surface area contributed by atoms with E-state index in [0.717, 1.165) is 24.8 Å². The molecule has 0 unspecified atom stereocenters. The highest BCUT2D eigenvalue weighted by molar-refractivity contribution is 5.73. The molecule has 0 radical (unpaired) electrons. The molecular weight excluding hydrogens is 256 g/mol. The maximum absolute atomic E-state index is 11.4. The molecule has 3 atom stereocenters. The number of carbonyl (C=O) groups excluding carboxylic acids is 1. The summed E-state index contributed by atoms with van der Waals surface area (Å²) >= 11 is 0. The average Bonchev–Trinajstić information content (AvgIpc) is 2.76. The Hall–Kier alpha value is -1.13. The fourth-order valence-electron chi connectivity index (χ4n) is 3.00. The van der Waals surface area contributed by atoms with Crippen LogP contribution in [0.2, 0.25) is 0 Å². The van der Waals surface area contributed by atoms with Crippen LogP contribution in [0.5, 0.6) is 0 Å². The highest BCUT2D eigenvalue weighted by atomic mass is 16.7. The van der Waals surface area contributed by atoms with E-state index in [9.17, 15) is 4.79 Å². The normalized spacial score (nSPS) is 27.0. The molecule has 112 valence electrons. The van der Waals surface area contributed by atoms with Gasteiger partial charge in [-0.05, 0) is 29.9 Å². The maximum Gasteiger partial charge on any atom is 0.306 e. The summed E-state index contributed by atoms with van der Waals surface area (Å²) in [6.45, 7) is 7.43. The first-order valence-corrected chi connectivity index (χ1v) is 7.27. The zero-order valence-electron chi connectivity index (χ0n) is 12.4. The van der Waals surface area contributed by atoms with E-state index in [1.807, 2.05) is 0 Å². The number of allylic oxidation sites excluding steroid dienone is 1. The van der Waals surface area contributed by atoms with Crippen LogP contribution >= 0.6 is 0 Å². The standard InChI is InChI=1S/C16H24O4/c1-11(5-4-6-19-10-18-3)14-8-13-9-16(17)20-15(13)7-12(14)2/h8,11,13,15H,2,4-7,9-10H2,1,3H3/t11-,13+,15+/m0/s1. The van der Waals surface area contributed by atoms with E-state index in [2.05, 4.69) is 19.6 Å². The highest BCUT2D eigenvalue weighted by Crippen LogP contribution is 2.39. The molecule has 0 aromatic heterocycles. The van der Waals surface area contributed by atoms with Crippen LogP contribution in [0.1, 0.15) is 32.6 Å². The molecule has 0 amide bonds. The number of hydrogen-bond donors (Lipinski definition) is 0. The number of hydrogen-bond acceptors (Lipinski definition) is 4. The SMILES string of the molecule is C=C1C[C@H]2OC(=O)C[C@H]2C=C1[C@@H](C)CCCOCOC. The number of ether oxygens (including phenoxy) is 3. The van der Waals surface area contributed by atoms with E-state index in [1.54, 1.807) is 7.11 Å². The second kappa shape index (κ2) is 7.04. The Kier molecular flexibility index (Phi) is 5.38. The number of esters is 1. The predicted molar refractivity (Wildman–Crippen MR) is 76.1 cm³/mol. The zero-order valence-corrected chi connectivity index (χ0v) is 12.4. The van der Waals surface area contributed by atoms with Gasteiger partial charge in [0.25, 0.3) is 0 Å². The van der Waals surface area contributed by atoms with Crippen LogP contribution in [0.4, 0.5) is 0 Å². The van der Waals surface area contributed by atoms with Crippen LogP contribution in [0.15, 0.2) is 23.8 Å². The van der Waals surface area contributed by atoms with Crippen molar-refractivity contribution in [2.45, 2.75) is 38.7 Å². The molecule has 4 nitrogen and oxygen atoms in total. The zero-order chi connectivity index (χ0) is 14.5. The Labute approximate surface area is 120 Å². The molecule has 2 aliphatic rings. The topological polar surface area (TPSA) is 44.8 Å². The number of rotatable bonds is 7. The largest absolute Gasteiger partial charge is 0.461 e. The van der Waals surface area contributed by atoms with Crippen molar-refractivity contribution in [1.29, 1.82) is 0 Å². The molecule has 0 spiro atoms. The Balaban J connectivity index is 1.85. The van der Waals surface area contributed by atoms with Crippen molar-refractivity contribution in [3.05, 3.63) is 23.8 Å². The lowest BCUT2D eigenvalue weighted by molar-refractivity contribution is -0.141. The van der Waals surface area contributed by atoms with Crippen molar-refractivity contribution in [2.24, 2.45) is 11.8 Å². The molecule has 0 aromatic carbocycles. The molecule has 2 rings (SSSR count). The summed E-state index contributed by atoms with van der Waals surface area (Å²) in [5.41, 5.74) is 2.42. The van der Waals surface area contributed by atoms with Crippen molar-refractivity contribution in [3.8, 4) is 0 Å². The molecule has 0 bridgehead atoms. The maximum atomic E-state index is 11.4. The Bertz CT molecular complexity index is 399. The van der Waals surface area contributed by atoms with Gasteiger partial charge in [-0.3, -0.25) is 4.79 Å². The molecule has 1 aliphatic heterocycles. The minimum atomic E-state index is -0.0779. The van der Waals surface area contributed by atoms with E-state index in [-0.39, 0.29) is 18.0 Å². The first kappa shape index (κ1) is 15.3. The lowest BCUT2D eigenvalue weighted by atomic mass is 9.79. The van der Waals surface area contributed by atoms with Gasteiger partial charge in [0.15, 0.2) is 0 Å². The minimum Gasteiger partial charge on any atom is -0.461 e. The lowest BCUT2D eigenvalue weighted by Crippen LogP contribution is -2.22. The van der Waals surface area contributed by atoms with Crippen LogP contribution in [0, 0.1) is 11.8 Å². The average molecular weight is 280 g/mol. The highest BCUT2D eigenvalue weighted by Gasteiger charge is 2.37. The van der Waals surface area contributed by atoms with Gasteiger partial charge in [-0.15, -0.1) is 0 Å². The van der Waals surface area contributed by atoms with Gasteiger partial charge in [0.2, 0.25) is 0 Å². The van der Waals surface area contributed by atoms with Gasteiger partial charge in [0.1, 0.15) is 12.9 Å². The van der Waals surface area contributed by atoms with E-state index in [1.165, 1.54) is 5.57 Å². The van der Waals surface area contributed by atoms with Gasteiger partial charge in [-0.1, -0.05) is 19.6 Å². The van der Waals surface area contributed by atoms with Crippen LogP contribution < -0.4 is 0 Å². The summed E-state index contributed by atoms with van der Waals surface area (Å²) in [6, 6.07) is 0. The summed E-state index contributed by atoms with van der Waals surface area (Å²) in [5, 5.41) is 0.